The fraction of sp³-hybridized carbons (Fsp3) is 0.147. The molecule has 0 spiro atoms. The van der Waals surface area contributed by atoms with Gasteiger partial charge in [-0.3, -0.25) is 9.78 Å². The van der Waals surface area contributed by atoms with Crippen molar-refractivity contribution in [1.82, 2.24) is 9.88 Å². The first-order chi connectivity index (χ1) is 22.2. The minimum Gasteiger partial charge on any atom is -0.492 e. The summed E-state index contributed by atoms with van der Waals surface area (Å²) < 4.78 is 22.3. The molecule has 0 fully saturated rings. The van der Waals surface area contributed by atoms with Crippen LogP contribution in [-0.4, -0.2) is 60.5 Å². The normalized spacial score (nSPS) is 14.9. The highest BCUT2D eigenvalue weighted by atomic mass is 16.6. The van der Waals surface area contributed by atoms with Crippen LogP contribution in [0, 0.1) is 11.3 Å². The number of anilines is 3. The Kier molecular flexibility index (Phi) is 10.9. The maximum atomic E-state index is 13.6. The van der Waals surface area contributed by atoms with Gasteiger partial charge in [-0.2, -0.15) is 5.26 Å². The van der Waals surface area contributed by atoms with Crippen molar-refractivity contribution in [2.75, 3.05) is 37.9 Å². The van der Waals surface area contributed by atoms with E-state index >= 15 is 0 Å². The number of nitrogens with one attached hydrogen (secondary N) is 2. The number of carbonyl (C=O) groups excluding carboxylic acids is 3. The number of likely N-dealkylation sites (N-methyl/N-ethyl adjacent to an activating group) is 1. The number of amides is 1. The van der Waals surface area contributed by atoms with Gasteiger partial charge in [0.15, 0.2) is 5.76 Å². The lowest BCUT2D eigenvalue weighted by Gasteiger charge is -2.19. The largest absolute Gasteiger partial charge is 0.492 e. The summed E-state index contributed by atoms with van der Waals surface area (Å²) in [6.45, 7) is 2.03. The summed E-state index contributed by atoms with van der Waals surface area (Å²) in [5.74, 6) is -1.65. The molecule has 0 saturated heterocycles. The number of aromatic nitrogens is 1. The fourth-order valence-electron chi connectivity index (χ4n) is 4.46. The molecule has 4 N–H and O–H groups in total. The van der Waals surface area contributed by atoms with Crippen LogP contribution in [0.1, 0.15) is 12.5 Å². The zero-order valence-electron chi connectivity index (χ0n) is 25.7. The van der Waals surface area contributed by atoms with Crippen LogP contribution < -0.4 is 20.1 Å². The van der Waals surface area contributed by atoms with Gasteiger partial charge < -0.3 is 40.0 Å². The van der Waals surface area contributed by atoms with Gasteiger partial charge in [-0.25, -0.2) is 9.59 Å². The summed E-state index contributed by atoms with van der Waals surface area (Å²) in [5.41, 5.74) is 2.03. The second-order valence-electron chi connectivity index (χ2n) is 10.1. The van der Waals surface area contributed by atoms with E-state index in [0.29, 0.717) is 33.8 Å². The number of para-hydroxylation sites is 1. The van der Waals surface area contributed by atoms with Gasteiger partial charge in [-0.05, 0) is 63.5 Å². The molecule has 4 aromatic rings. The van der Waals surface area contributed by atoms with Crippen LogP contribution in [0.3, 0.4) is 0 Å². The van der Waals surface area contributed by atoms with E-state index in [9.17, 15) is 19.6 Å². The number of benzene rings is 3. The molecule has 0 bridgehead atoms. The SMILES string of the molecule is CCOc1cc2ncc(C#N)c(Nc3ccc(Oc4ccccc4)cc3)c2cc1NC(=O)/C1=C(/CN(C)C)OC(=O)/C=C\C(=O)O1.O. The number of nitrogens with zero attached hydrogens (tertiary/aromatic N) is 3. The zero-order valence-corrected chi connectivity index (χ0v) is 25.7. The average Bonchev–Trinajstić information content (AvgIpc) is 3.03. The van der Waals surface area contributed by atoms with Gasteiger partial charge in [0.1, 0.15) is 23.3 Å². The number of cyclic esters (lactones) is 2. The van der Waals surface area contributed by atoms with Crippen LogP contribution in [0.2, 0.25) is 0 Å². The summed E-state index contributed by atoms with van der Waals surface area (Å²) in [7, 11) is 3.39. The molecular weight excluding hydrogens is 606 g/mol. The Bertz CT molecular complexity index is 1900. The molecule has 1 aliphatic heterocycles. The number of carbonyl (C=O) groups is 3. The van der Waals surface area contributed by atoms with E-state index in [2.05, 4.69) is 21.7 Å². The van der Waals surface area contributed by atoms with E-state index in [1.54, 1.807) is 62.3 Å². The molecule has 0 aliphatic carbocycles. The molecule has 3 aromatic carbocycles. The summed E-state index contributed by atoms with van der Waals surface area (Å²) in [5, 5.41) is 16.4. The molecule has 240 valence electrons. The first kappa shape index (κ1) is 33.7. The van der Waals surface area contributed by atoms with E-state index in [4.69, 9.17) is 18.9 Å². The minimum absolute atomic E-state index is 0. The number of fused-ring (bicyclic) bond motifs is 1. The molecule has 1 aromatic heterocycles. The topological polar surface area (TPSA) is 184 Å². The fourth-order valence-corrected chi connectivity index (χ4v) is 4.46. The molecule has 0 radical (unpaired) electrons. The first-order valence-corrected chi connectivity index (χ1v) is 14.1. The van der Waals surface area contributed by atoms with Gasteiger partial charge in [0.05, 0.1) is 35.6 Å². The monoisotopic (exact) mass is 637 g/mol. The molecule has 13 nitrogen and oxygen atoms in total. The van der Waals surface area contributed by atoms with Crippen molar-refractivity contribution in [2.45, 2.75) is 6.92 Å². The lowest BCUT2D eigenvalue weighted by molar-refractivity contribution is -0.142. The van der Waals surface area contributed by atoms with Gasteiger partial charge in [0.25, 0.3) is 5.91 Å². The first-order valence-electron chi connectivity index (χ1n) is 14.1. The third kappa shape index (κ3) is 8.28. The lowest BCUT2D eigenvalue weighted by Crippen LogP contribution is -2.27. The van der Waals surface area contributed by atoms with Crippen molar-refractivity contribution in [3.8, 4) is 23.3 Å². The zero-order chi connectivity index (χ0) is 32.6. The maximum absolute atomic E-state index is 13.6. The summed E-state index contributed by atoms with van der Waals surface area (Å²) in [6.07, 6.45) is 3.23. The van der Waals surface area contributed by atoms with Crippen LogP contribution in [0.4, 0.5) is 17.1 Å². The van der Waals surface area contributed by atoms with Gasteiger partial charge in [0, 0.05) is 35.5 Å². The minimum atomic E-state index is -0.920. The number of esters is 2. The Labute approximate surface area is 269 Å². The van der Waals surface area contributed by atoms with Gasteiger partial charge in [0.2, 0.25) is 5.76 Å². The Balaban J connectivity index is 0.00000500. The van der Waals surface area contributed by atoms with E-state index in [0.717, 1.165) is 12.2 Å². The molecule has 2 heterocycles. The van der Waals surface area contributed by atoms with Gasteiger partial charge >= 0.3 is 11.9 Å². The van der Waals surface area contributed by atoms with E-state index in [1.807, 2.05) is 30.3 Å². The summed E-state index contributed by atoms with van der Waals surface area (Å²) >= 11 is 0. The van der Waals surface area contributed by atoms with E-state index in [-0.39, 0.29) is 41.4 Å². The van der Waals surface area contributed by atoms with Crippen LogP contribution in [0.25, 0.3) is 10.9 Å². The van der Waals surface area contributed by atoms with Crippen molar-refractivity contribution in [2.24, 2.45) is 0 Å². The van der Waals surface area contributed by atoms with Crippen molar-refractivity contribution in [3.63, 3.8) is 0 Å². The molecule has 0 unspecified atom stereocenters. The highest BCUT2D eigenvalue weighted by molar-refractivity contribution is 6.08. The van der Waals surface area contributed by atoms with E-state index < -0.39 is 23.6 Å². The third-order valence-corrected chi connectivity index (χ3v) is 6.44. The standard InChI is InChI=1S/C34H29N5O7.H2O/c1-4-43-28-17-26-25(16-27(28)38-34(42)33-29(20-39(2)3)45-30(40)14-15-31(41)46-33)32(21(18-35)19-36-26)37-22-10-12-24(13-11-22)44-23-8-6-5-7-9-23;/h5-17,19H,4,20H2,1-3H3,(H,36,37)(H,38,42);1H2/b15-14-,33-29+;. The molecular formula is C34H31N5O8. The van der Waals surface area contributed by atoms with Gasteiger partial charge in [-0.15, -0.1) is 0 Å². The smallest absolute Gasteiger partial charge is 0.336 e. The van der Waals surface area contributed by atoms with Gasteiger partial charge in [-0.1, -0.05) is 18.2 Å². The summed E-state index contributed by atoms with van der Waals surface area (Å²) in [4.78, 5) is 44.1. The highest BCUT2D eigenvalue weighted by Gasteiger charge is 2.27. The number of hydrogen-bond donors (Lipinski definition) is 2. The Morgan fingerprint density at radius 1 is 0.979 bits per heavy atom. The molecule has 47 heavy (non-hydrogen) atoms. The van der Waals surface area contributed by atoms with E-state index in [1.165, 1.54) is 6.20 Å². The molecule has 13 heteroatoms. The lowest BCUT2D eigenvalue weighted by atomic mass is 10.1. The third-order valence-electron chi connectivity index (χ3n) is 6.44. The molecule has 0 atom stereocenters. The Hall–Kier alpha value is -6.23. The van der Waals surface area contributed by atoms with Crippen LogP contribution in [0.5, 0.6) is 17.2 Å². The Morgan fingerprint density at radius 2 is 1.66 bits per heavy atom. The quantitative estimate of drug-likeness (QED) is 0.232. The number of ether oxygens (including phenoxy) is 4. The predicted molar refractivity (Wildman–Crippen MR) is 173 cm³/mol. The van der Waals surface area contributed by atoms with Crippen molar-refractivity contribution < 1.29 is 38.8 Å². The van der Waals surface area contributed by atoms with Crippen LogP contribution in [0.15, 0.2) is 96.6 Å². The molecule has 5 rings (SSSR count). The second-order valence-corrected chi connectivity index (χ2v) is 10.1. The number of hydrogen-bond acceptors (Lipinski definition) is 11. The Morgan fingerprint density at radius 3 is 2.32 bits per heavy atom. The molecule has 1 amide bonds. The second kappa shape index (κ2) is 15.2. The van der Waals surface area contributed by atoms with Crippen molar-refractivity contribution >= 4 is 45.8 Å². The van der Waals surface area contributed by atoms with Crippen LogP contribution >= 0.6 is 0 Å². The van der Waals surface area contributed by atoms with Crippen molar-refractivity contribution in [1.29, 1.82) is 5.26 Å². The maximum Gasteiger partial charge on any atom is 0.336 e. The number of nitriles is 1. The predicted octanol–water partition coefficient (Wildman–Crippen LogP) is 4.58. The molecule has 1 aliphatic rings. The number of pyridine rings is 1. The molecule has 0 saturated carbocycles. The van der Waals surface area contributed by atoms with Crippen LogP contribution in [-0.2, 0) is 23.9 Å². The van der Waals surface area contributed by atoms with Crippen molar-refractivity contribution in [3.05, 3.63) is 102 Å². The highest BCUT2D eigenvalue weighted by Crippen LogP contribution is 2.37. The average molecular weight is 638 g/mol. The summed E-state index contributed by atoms with van der Waals surface area (Å²) in [6, 6.07) is 22.0. The number of rotatable bonds is 10.